The third kappa shape index (κ3) is 2.65. The van der Waals surface area contributed by atoms with Gasteiger partial charge in [0.2, 0.25) is 5.91 Å². The summed E-state index contributed by atoms with van der Waals surface area (Å²) >= 11 is 0. The van der Waals surface area contributed by atoms with Crippen molar-refractivity contribution in [3.05, 3.63) is 0 Å². The Labute approximate surface area is 59.7 Å². The molecule has 1 amide bonds. The van der Waals surface area contributed by atoms with E-state index >= 15 is 0 Å². The fourth-order valence-corrected chi connectivity index (χ4v) is 1.12. The Kier molecular flexibility index (Phi) is 2.43. The summed E-state index contributed by atoms with van der Waals surface area (Å²) in [6.45, 7) is 3.95. The zero-order chi connectivity index (χ0) is 7.65. The second-order valence-corrected chi connectivity index (χ2v) is 5.95. The third-order valence-electron chi connectivity index (χ3n) is 1.05. The lowest BCUT2D eigenvalue weighted by atomic mass is 10.2. The molecule has 3 heteroatoms. The summed E-state index contributed by atoms with van der Waals surface area (Å²) in [6, 6.07) is 0. The first-order chi connectivity index (χ1) is 3.85. The van der Waals surface area contributed by atoms with E-state index in [1.54, 1.807) is 19.0 Å². The summed E-state index contributed by atoms with van der Waals surface area (Å²) in [5.41, 5.74) is 0. The van der Waals surface area contributed by atoms with Crippen molar-refractivity contribution in [3.63, 3.8) is 0 Å². The van der Waals surface area contributed by atoms with E-state index in [1.807, 2.05) is 13.8 Å². The molecule has 0 aromatic heterocycles. The Bertz CT molecular complexity index is 115. The molecule has 0 rings (SSSR count). The summed E-state index contributed by atoms with van der Waals surface area (Å²) in [6.07, 6.45) is 0. The van der Waals surface area contributed by atoms with Gasteiger partial charge in [-0.05, 0) is 0 Å². The van der Waals surface area contributed by atoms with Gasteiger partial charge < -0.3 is 4.90 Å². The smallest absolute Gasteiger partial charge is 0.223 e. The Hall–Kier alpha value is -0.313. The van der Waals surface area contributed by atoms with Crippen LogP contribution in [0.25, 0.3) is 0 Å². The summed E-state index contributed by atoms with van der Waals surface area (Å²) in [4.78, 5) is 12.8. The molecule has 0 aliphatic rings. The van der Waals surface area contributed by atoms with Crippen LogP contribution in [-0.2, 0) is 4.79 Å². The molecular formula is C6H15NOSi. The normalized spacial score (nSPS) is 11.6. The van der Waals surface area contributed by atoms with E-state index in [2.05, 4.69) is 0 Å². The quantitative estimate of drug-likeness (QED) is 0.461. The molecule has 9 heavy (non-hydrogen) atoms. The number of rotatable bonds is 1. The van der Waals surface area contributed by atoms with Gasteiger partial charge in [-0.25, -0.2) is 0 Å². The molecule has 0 saturated carbocycles. The van der Waals surface area contributed by atoms with Crippen LogP contribution in [0.5, 0.6) is 0 Å². The standard InChI is InChI=1S/C6H15NOSi/c1-6(2,9)5(8)7(3)4/h1-4,9H3. The molecule has 0 atom stereocenters. The largest absolute Gasteiger partial charge is 0.349 e. The molecule has 0 radical (unpaired) electrons. The first-order valence-corrected chi connectivity index (χ1v) is 4.07. The van der Waals surface area contributed by atoms with E-state index in [-0.39, 0.29) is 10.9 Å². The lowest BCUT2D eigenvalue weighted by Gasteiger charge is -2.21. The number of carbonyl (C=O) groups excluding carboxylic acids is 1. The maximum atomic E-state index is 11.1. The van der Waals surface area contributed by atoms with E-state index in [0.29, 0.717) is 0 Å². The number of carbonyl (C=O) groups is 1. The molecule has 0 heterocycles. The monoisotopic (exact) mass is 145 g/mol. The lowest BCUT2D eigenvalue weighted by molar-refractivity contribution is -0.131. The van der Waals surface area contributed by atoms with Gasteiger partial charge in [0, 0.05) is 29.4 Å². The fraction of sp³-hybridized carbons (Fsp3) is 0.833. The molecule has 0 aromatic carbocycles. The van der Waals surface area contributed by atoms with Gasteiger partial charge in [0.15, 0.2) is 0 Å². The Morgan fingerprint density at radius 3 is 1.78 bits per heavy atom. The molecule has 0 spiro atoms. The van der Waals surface area contributed by atoms with E-state index < -0.39 is 0 Å². The molecule has 0 bridgehead atoms. The van der Waals surface area contributed by atoms with Gasteiger partial charge in [-0.15, -0.1) is 0 Å². The predicted octanol–water partition coefficient (Wildman–Crippen LogP) is -0.362. The Morgan fingerprint density at radius 2 is 1.78 bits per heavy atom. The highest BCUT2D eigenvalue weighted by Gasteiger charge is 2.22. The Morgan fingerprint density at radius 1 is 1.44 bits per heavy atom. The lowest BCUT2D eigenvalue weighted by Crippen LogP contribution is -2.31. The van der Waals surface area contributed by atoms with Crippen molar-refractivity contribution in [3.8, 4) is 0 Å². The second-order valence-electron chi connectivity index (χ2n) is 3.45. The van der Waals surface area contributed by atoms with E-state index in [4.69, 9.17) is 0 Å². The molecule has 0 aromatic rings. The molecule has 0 fully saturated rings. The molecule has 0 N–H and O–H groups in total. The number of nitrogens with zero attached hydrogens (tertiary/aromatic N) is 1. The minimum atomic E-state index is -0.0938. The van der Waals surface area contributed by atoms with Crippen molar-refractivity contribution in [2.75, 3.05) is 14.1 Å². The SMILES string of the molecule is CN(C)C(=O)C(C)(C)[SiH3]. The van der Waals surface area contributed by atoms with Crippen molar-refractivity contribution >= 4 is 16.1 Å². The van der Waals surface area contributed by atoms with Gasteiger partial charge in [0.05, 0.1) is 0 Å². The molecule has 0 aliphatic heterocycles. The van der Waals surface area contributed by atoms with E-state index in [1.165, 1.54) is 0 Å². The van der Waals surface area contributed by atoms with Crippen molar-refractivity contribution in [1.82, 2.24) is 4.90 Å². The zero-order valence-electron chi connectivity index (χ0n) is 6.86. The third-order valence-corrected chi connectivity index (χ3v) is 1.48. The maximum Gasteiger partial charge on any atom is 0.223 e. The van der Waals surface area contributed by atoms with E-state index in [9.17, 15) is 4.79 Å². The van der Waals surface area contributed by atoms with Crippen molar-refractivity contribution in [2.24, 2.45) is 0 Å². The average Bonchev–Trinajstić information content (AvgIpc) is 1.62. The zero-order valence-corrected chi connectivity index (χ0v) is 8.86. The highest BCUT2D eigenvalue weighted by molar-refractivity contribution is 6.27. The summed E-state index contributed by atoms with van der Waals surface area (Å²) < 4.78 is 0. The van der Waals surface area contributed by atoms with Crippen molar-refractivity contribution < 1.29 is 4.79 Å². The summed E-state index contributed by atoms with van der Waals surface area (Å²) in [5, 5.41) is -0.0938. The minimum Gasteiger partial charge on any atom is -0.349 e. The van der Waals surface area contributed by atoms with Crippen LogP contribution < -0.4 is 0 Å². The fourth-order valence-electron chi connectivity index (χ4n) is 0.671. The van der Waals surface area contributed by atoms with Crippen LogP contribution in [0.2, 0.25) is 5.04 Å². The van der Waals surface area contributed by atoms with Crippen LogP contribution in [-0.4, -0.2) is 35.1 Å². The predicted molar refractivity (Wildman–Crippen MR) is 42.7 cm³/mol. The van der Waals surface area contributed by atoms with Gasteiger partial charge in [-0.3, -0.25) is 4.79 Å². The van der Waals surface area contributed by atoms with Gasteiger partial charge in [-0.2, -0.15) is 0 Å². The second kappa shape index (κ2) is 2.52. The number of amides is 1. The first kappa shape index (κ1) is 8.69. The van der Waals surface area contributed by atoms with Crippen LogP contribution in [0, 0.1) is 0 Å². The van der Waals surface area contributed by atoms with Gasteiger partial charge >= 0.3 is 0 Å². The summed E-state index contributed by atoms with van der Waals surface area (Å²) in [5.74, 6) is 0.231. The van der Waals surface area contributed by atoms with Crippen LogP contribution >= 0.6 is 0 Å². The Balaban J connectivity index is 4.06. The first-order valence-electron chi connectivity index (χ1n) is 3.07. The number of hydrogen-bond donors (Lipinski definition) is 0. The highest BCUT2D eigenvalue weighted by atomic mass is 28.1. The minimum absolute atomic E-state index is 0.0938. The van der Waals surface area contributed by atoms with E-state index in [0.717, 1.165) is 10.2 Å². The average molecular weight is 145 g/mol. The molecule has 0 aliphatic carbocycles. The van der Waals surface area contributed by atoms with Gasteiger partial charge in [0.1, 0.15) is 0 Å². The van der Waals surface area contributed by atoms with Crippen LogP contribution in [0.4, 0.5) is 0 Å². The van der Waals surface area contributed by atoms with Crippen LogP contribution in [0.1, 0.15) is 13.8 Å². The molecule has 0 unspecified atom stereocenters. The van der Waals surface area contributed by atoms with Crippen LogP contribution in [0.15, 0.2) is 0 Å². The van der Waals surface area contributed by atoms with Gasteiger partial charge in [0.25, 0.3) is 0 Å². The topological polar surface area (TPSA) is 20.3 Å². The highest BCUT2D eigenvalue weighted by Crippen LogP contribution is 2.19. The molecular weight excluding hydrogens is 130 g/mol. The van der Waals surface area contributed by atoms with Crippen molar-refractivity contribution in [1.29, 1.82) is 0 Å². The molecule has 54 valence electrons. The van der Waals surface area contributed by atoms with Gasteiger partial charge in [-0.1, -0.05) is 13.8 Å². The van der Waals surface area contributed by atoms with Crippen molar-refractivity contribution in [2.45, 2.75) is 18.9 Å². The molecule has 0 saturated heterocycles. The summed E-state index contributed by atoms with van der Waals surface area (Å²) in [7, 11) is 4.51. The van der Waals surface area contributed by atoms with Crippen LogP contribution in [0.3, 0.4) is 0 Å². The number of hydrogen-bond acceptors (Lipinski definition) is 1. The maximum absolute atomic E-state index is 11.1. The molecule has 2 nitrogen and oxygen atoms in total.